The van der Waals surface area contributed by atoms with Crippen molar-refractivity contribution in [3.63, 3.8) is 0 Å². The lowest BCUT2D eigenvalue weighted by atomic mass is 10.1. The summed E-state index contributed by atoms with van der Waals surface area (Å²) in [7, 11) is 0. The summed E-state index contributed by atoms with van der Waals surface area (Å²) >= 11 is 12.1. The van der Waals surface area contributed by atoms with Gasteiger partial charge in [0.05, 0.1) is 0 Å². The molecule has 1 atom stereocenters. The minimum Gasteiger partial charge on any atom is -0.489 e. The highest BCUT2D eigenvalue weighted by Crippen LogP contribution is 2.24. The van der Waals surface area contributed by atoms with Gasteiger partial charge in [-0.1, -0.05) is 42.3 Å². The summed E-state index contributed by atoms with van der Waals surface area (Å²) in [5.41, 5.74) is 2.18. The number of nitrogens with zero attached hydrogens (tertiary/aromatic N) is 1. The van der Waals surface area contributed by atoms with Gasteiger partial charge in [-0.05, 0) is 61.8 Å². The number of likely N-dealkylation sites (N-methyl/N-ethyl adjacent to an activating group) is 1. The number of halogens is 4. The maximum atomic E-state index is 6.20. The van der Waals surface area contributed by atoms with Crippen molar-refractivity contribution in [3.05, 3.63) is 63.6 Å². The van der Waals surface area contributed by atoms with Gasteiger partial charge in [-0.2, -0.15) is 0 Å². The zero-order valence-corrected chi connectivity index (χ0v) is 19.1. The van der Waals surface area contributed by atoms with E-state index in [0.717, 1.165) is 46.6 Å². The van der Waals surface area contributed by atoms with Gasteiger partial charge in [-0.15, -0.1) is 24.8 Å². The van der Waals surface area contributed by atoms with Crippen LogP contribution in [0.1, 0.15) is 30.9 Å². The van der Waals surface area contributed by atoms with Gasteiger partial charge in [0.25, 0.3) is 0 Å². The molecule has 7 heteroatoms. The first-order valence-electron chi connectivity index (χ1n) is 9.26. The van der Waals surface area contributed by atoms with Crippen molar-refractivity contribution >= 4 is 48.0 Å². The molecule has 0 amide bonds. The normalized spacial score (nSPS) is 16.3. The summed E-state index contributed by atoms with van der Waals surface area (Å²) < 4.78 is 6.03. The lowest BCUT2D eigenvalue weighted by molar-refractivity contribution is 0.259. The van der Waals surface area contributed by atoms with Crippen LogP contribution in [0.5, 0.6) is 5.75 Å². The summed E-state index contributed by atoms with van der Waals surface area (Å²) in [6.07, 6.45) is 2.57. The second-order valence-corrected chi connectivity index (χ2v) is 7.60. The molecule has 156 valence electrons. The Morgan fingerprint density at radius 2 is 1.79 bits per heavy atom. The van der Waals surface area contributed by atoms with Crippen LogP contribution in [0.2, 0.25) is 10.0 Å². The Hall–Kier alpha value is -0.680. The van der Waals surface area contributed by atoms with E-state index in [9.17, 15) is 0 Å². The third kappa shape index (κ3) is 7.29. The van der Waals surface area contributed by atoms with Crippen molar-refractivity contribution in [3.8, 4) is 5.75 Å². The molecule has 0 aliphatic carbocycles. The molecule has 0 radical (unpaired) electrons. The second kappa shape index (κ2) is 12.8. The number of rotatable bonds is 8. The number of benzene rings is 2. The molecule has 1 saturated heterocycles. The summed E-state index contributed by atoms with van der Waals surface area (Å²) in [6.45, 7) is 6.84. The Labute approximate surface area is 190 Å². The Morgan fingerprint density at radius 1 is 1.07 bits per heavy atom. The lowest BCUT2D eigenvalue weighted by Gasteiger charge is -2.23. The Morgan fingerprint density at radius 3 is 2.50 bits per heavy atom. The van der Waals surface area contributed by atoms with E-state index < -0.39 is 0 Å². The van der Waals surface area contributed by atoms with Crippen LogP contribution in [0.15, 0.2) is 42.5 Å². The van der Waals surface area contributed by atoms with Crippen LogP contribution < -0.4 is 10.1 Å². The SMILES string of the molecule is CCN1CCCC1CNCc1cc(Cl)ccc1OCc1ccc(Cl)cc1.Cl.Cl. The molecule has 1 aliphatic heterocycles. The number of likely N-dealkylation sites (tertiary alicyclic amines) is 1. The van der Waals surface area contributed by atoms with E-state index in [0.29, 0.717) is 12.6 Å². The van der Waals surface area contributed by atoms with E-state index in [2.05, 4.69) is 17.1 Å². The van der Waals surface area contributed by atoms with Crippen LogP contribution in [-0.2, 0) is 13.2 Å². The van der Waals surface area contributed by atoms with Crippen LogP contribution in [0, 0.1) is 0 Å². The highest BCUT2D eigenvalue weighted by atomic mass is 35.5. The smallest absolute Gasteiger partial charge is 0.124 e. The summed E-state index contributed by atoms with van der Waals surface area (Å²) in [4.78, 5) is 2.54. The van der Waals surface area contributed by atoms with Gasteiger partial charge in [0.15, 0.2) is 0 Å². The van der Waals surface area contributed by atoms with E-state index in [4.69, 9.17) is 27.9 Å². The van der Waals surface area contributed by atoms with Gasteiger partial charge in [0.1, 0.15) is 12.4 Å². The molecule has 0 bridgehead atoms. The summed E-state index contributed by atoms with van der Waals surface area (Å²) in [6, 6.07) is 14.2. The van der Waals surface area contributed by atoms with Crippen LogP contribution in [0.4, 0.5) is 0 Å². The van der Waals surface area contributed by atoms with E-state index in [1.807, 2.05) is 42.5 Å². The van der Waals surface area contributed by atoms with Crippen molar-refractivity contribution in [2.45, 2.75) is 39.0 Å². The van der Waals surface area contributed by atoms with Gasteiger partial charge < -0.3 is 10.1 Å². The fourth-order valence-electron chi connectivity index (χ4n) is 3.48. The molecule has 3 nitrogen and oxygen atoms in total. The molecule has 1 unspecified atom stereocenters. The lowest BCUT2D eigenvalue weighted by Crippen LogP contribution is -2.37. The first kappa shape index (κ1) is 25.4. The molecule has 1 aliphatic rings. The number of hydrogen-bond acceptors (Lipinski definition) is 3. The monoisotopic (exact) mass is 464 g/mol. The molecule has 1 N–H and O–H groups in total. The molecule has 28 heavy (non-hydrogen) atoms. The van der Waals surface area contributed by atoms with Gasteiger partial charge in [0, 0.05) is 34.7 Å². The average molecular weight is 466 g/mol. The van der Waals surface area contributed by atoms with Crippen LogP contribution >= 0.6 is 48.0 Å². The molecule has 3 rings (SSSR count). The maximum absolute atomic E-state index is 6.20. The van der Waals surface area contributed by atoms with Crippen molar-refractivity contribution in [2.75, 3.05) is 19.6 Å². The van der Waals surface area contributed by atoms with Crippen LogP contribution in [0.25, 0.3) is 0 Å². The highest BCUT2D eigenvalue weighted by molar-refractivity contribution is 6.30. The van der Waals surface area contributed by atoms with Crippen molar-refractivity contribution in [1.82, 2.24) is 10.2 Å². The third-order valence-corrected chi connectivity index (χ3v) is 5.42. The highest BCUT2D eigenvalue weighted by Gasteiger charge is 2.22. The third-order valence-electron chi connectivity index (χ3n) is 4.93. The first-order chi connectivity index (χ1) is 12.7. The number of nitrogens with one attached hydrogen (secondary N) is 1. The van der Waals surface area contributed by atoms with Gasteiger partial charge in [-0.3, -0.25) is 4.90 Å². The second-order valence-electron chi connectivity index (χ2n) is 6.72. The minimum atomic E-state index is 0. The quantitative estimate of drug-likeness (QED) is 0.518. The molecular weight excluding hydrogens is 438 g/mol. The molecule has 1 heterocycles. The van der Waals surface area contributed by atoms with Gasteiger partial charge in [0.2, 0.25) is 0 Å². The maximum Gasteiger partial charge on any atom is 0.124 e. The molecule has 1 fully saturated rings. The van der Waals surface area contributed by atoms with Crippen molar-refractivity contribution in [1.29, 1.82) is 0 Å². The van der Waals surface area contributed by atoms with E-state index >= 15 is 0 Å². The Bertz CT molecular complexity index is 712. The predicted molar refractivity (Wildman–Crippen MR) is 124 cm³/mol. The topological polar surface area (TPSA) is 24.5 Å². The van der Waals surface area contributed by atoms with E-state index in [1.54, 1.807) is 0 Å². The largest absolute Gasteiger partial charge is 0.489 e. The standard InChI is InChI=1S/C21H26Cl2N2O.2ClH/c1-2-25-11-3-4-20(25)14-24-13-17-12-19(23)9-10-21(17)26-15-16-5-7-18(22)8-6-16;;/h5-10,12,20,24H,2-4,11,13-15H2,1H3;2*1H. The fraction of sp³-hybridized carbons (Fsp3) is 0.429. The predicted octanol–water partition coefficient (Wildman–Crippen LogP) is 5.99. The molecular formula is C21H28Cl4N2O. The summed E-state index contributed by atoms with van der Waals surface area (Å²) in [5, 5.41) is 5.05. The van der Waals surface area contributed by atoms with Crippen molar-refractivity contribution in [2.24, 2.45) is 0 Å². The zero-order valence-electron chi connectivity index (χ0n) is 16.0. The van der Waals surface area contributed by atoms with Crippen molar-refractivity contribution < 1.29 is 4.74 Å². The zero-order chi connectivity index (χ0) is 18.4. The van der Waals surface area contributed by atoms with Gasteiger partial charge >= 0.3 is 0 Å². The minimum absolute atomic E-state index is 0. The molecule has 0 saturated carbocycles. The summed E-state index contributed by atoms with van der Waals surface area (Å²) in [5.74, 6) is 0.871. The molecule has 0 aromatic heterocycles. The number of hydrogen-bond donors (Lipinski definition) is 1. The Kier molecular flexibility index (Phi) is 11.6. The molecule has 2 aromatic rings. The van der Waals surface area contributed by atoms with E-state index in [1.165, 1.54) is 19.4 Å². The average Bonchev–Trinajstić information content (AvgIpc) is 3.10. The van der Waals surface area contributed by atoms with Crippen LogP contribution in [-0.4, -0.2) is 30.6 Å². The first-order valence-corrected chi connectivity index (χ1v) is 10.0. The molecule has 0 spiro atoms. The number of ether oxygens (including phenoxy) is 1. The van der Waals surface area contributed by atoms with E-state index in [-0.39, 0.29) is 24.8 Å². The van der Waals surface area contributed by atoms with Crippen LogP contribution in [0.3, 0.4) is 0 Å². The Balaban J connectivity index is 0.00000196. The molecule has 2 aromatic carbocycles. The fourth-order valence-corrected chi connectivity index (χ4v) is 3.81. The van der Waals surface area contributed by atoms with Gasteiger partial charge in [-0.25, -0.2) is 0 Å².